The first-order valence-corrected chi connectivity index (χ1v) is 5.48. The van der Waals surface area contributed by atoms with E-state index in [1.165, 1.54) is 0 Å². The zero-order chi connectivity index (χ0) is 12.8. The van der Waals surface area contributed by atoms with Gasteiger partial charge < -0.3 is 5.11 Å². The molecule has 0 bridgehead atoms. The van der Waals surface area contributed by atoms with Crippen LogP contribution in [0, 0.1) is 0 Å². The van der Waals surface area contributed by atoms with Crippen LogP contribution in [0.2, 0.25) is 0 Å². The molecular formula is C7H12F3NO4S. The number of hydrogen-bond donors (Lipinski definition) is 2. The molecule has 0 spiro atoms. The number of carboxylic acids is 1. The highest BCUT2D eigenvalue weighted by Crippen LogP contribution is 2.22. The zero-order valence-corrected chi connectivity index (χ0v) is 9.05. The van der Waals surface area contributed by atoms with Crippen LogP contribution in [0.1, 0.15) is 25.7 Å². The molecule has 0 aromatic carbocycles. The van der Waals surface area contributed by atoms with Gasteiger partial charge in [0.15, 0.2) is 0 Å². The maximum atomic E-state index is 12.1. The third-order valence-electron chi connectivity index (χ3n) is 1.72. The Balaban J connectivity index is 3.87. The highest BCUT2D eigenvalue weighted by atomic mass is 32.2. The van der Waals surface area contributed by atoms with Crippen molar-refractivity contribution in [3.8, 4) is 0 Å². The Morgan fingerprint density at radius 2 is 1.81 bits per heavy atom. The van der Waals surface area contributed by atoms with Crippen LogP contribution in [0.15, 0.2) is 0 Å². The lowest BCUT2D eigenvalue weighted by atomic mass is 10.2. The molecule has 96 valence electrons. The maximum absolute atomic E-state index is 12.1. The molecule has 1 atom stereocenters. The summed E-state index contributed by atoms with van der Waals surface area (Å²) in [7, 11) is 0. The minimum absolute atomic E-state index is 0.0130. The second-order valence-corrected chi connectivity index (χ2v) is 3.91. The molecule has 9 heteroatoms. The van der Waals surface area contributed by atoms with Gasteiger partial charge in [-0.25, -0.2) is 4.21 Å². The Bertz CT molecular complexity index is 259. The van der Waals surface area contributed by atoms with E-state index in [1.807, 2.05) is 0 Å². The number of hydrogen-bond acceptors (Lipinski definition) is 2. The third kappa shape index (κ3) is 6.75. The van der Waals surface area contributed by atoms with Crippen LogP contribution in [0.4, 0.5) is 13.2 Å². The summed E-state index contributed by atoms with van der Waals surface area (Å²) in [6.07, 6.45) is -4.45. The summed E-state index contributed by atoms with van der Waals surface area (Å²) in [5, 5.41) is 8.26. The first kappa shape index (κ1) is 15.3. The summed E-state index contributed by atoms with van der Waals surface area (Å²) < 4.78 is 54.5. The quantitative estimate of drug-likeness (QED) is 0.415. The van der Waals surface area contributed by atoms with E-state index in [-0.39, 0.29) is 25.7 Å². The van der Waals surface area contributed by atoms with Crippen LogP contribution in [0.25, 0.3) is 0 Å². The van der Waals surface area contributed by atoms with Gasteiger partial charge in [-0.1, -0.05) is 6.42 Å². The molecule has 0 saturated heterocycles. The molecule has 0 aromatic rings. The molecule has 0 saturated carbocycles. The third-order valence-corrected chi connectivity index (χ3v) is 2.49. The van der Waals surface area contributed by atoms with E-state index in [2.05, 4.69) is 0 Å². The number of rotatable bonds is 7. The van der Waals surface area contributed by atoms with Gasteiger partial charge in [0, 0.05) is 13.0 Å². The molecule has 0 aromatic heterocycles. The largest absolute Gasteiger partial charge is 0.481 e. The van der Waals surface area contributed by atoms with Crippen molar-refractivity contribution >= 4 is 17.2 Å². The predicted octanol–water partition coefficient (Wildman–Crippen LogP) is 1.59. The molecule has 5 nitrogen and oxygen atoms in total. The van der Waals surface area contributed by atoms with Crippen molar-refractivity contribution in [1.29, 1.82) is 0 Å². The molecule has 0 radical (unpaired) electrons. The fourth-order valence-corrected chi connectivity index (χ4v) is 1.46. The number of carboxylic acid groups (broad SMARTS) is 1. The first-order valence-electron chi connectivity index (χ1n) is 4.42. The van der Waals surface area contributed by atoms with Crippen molar-refractivity contribution in [1.82, 2.24) is 4.31 Å². The van der Waals surface area contributed by atoms with Crippen molar-refractivity contribution in [2.75, 3.05) is 6.54 Å². The van der Waals surface area contributed by atoms with Crippen LogP contribution >= 0.6 is 0 Å². The van der Waals surface area contributed by atoms with Crippen LogP contribution in [-0.4, -0.2) is 37.0 Å². The molecule has 0 heterocycles. The van der Waals surface area contributed by atoms with E-state index in [0.717, 1.165) is 0 Å². The number of carbonyl (C=O) groups is 1. The second kappa shape index (κ2) is 6.81. The number of alkyl halides is 3. The van der Waals surface area contributed by atoms with E-state index in [9.17, 15) is 22.2 Å². The van der Waals surface area contributed by atoms with Crippen molar-refractivity contribution in [3.05, 3.63) is 0 Å². The van der Waals surface area contributed by atoms with Crippen molar-refractivity contribution in [2.45, 2.75) is 32.0 Å². The fourth-order valence-electron chi connectivity index (χ4n) is 1.00. The molecular weight excluding hydrogens is 251 g/mol. The molecule has 16 heavy (non-hydrogen) atoms. The Kier molecular flexibility index (Phi) is 6.53. The predicted molar refractivity (Wildman–Crippen MR) is 49.6 cm³/mol. The summed E-state index contributed by atoms with van der Waals surface area (Å²) in [5.74, 6) is -1.02. The SMILES string of the molecule is O=C(O)CCCCCN(S(=O)O)C(F)(F)F. The minimum atomic E-state index is -4.85. The lowest BCUT2D eigenvalue weighted by molar-refractivity contribution is -0.210. The van der Waals surface area contributed by atoms with Crippen LogP contribution in [-0.2, 0) is 16.1 Å². The lowest BCUT2D eigenvalue weighted by Crippen LogP contribution is -2.39. The average molecular weight is 263 g/mol. The Morgan fingerprint density at radius 3 is 2.19 bits per heavy atom. The van der Waals surface area contributed by atoms with Crippen LogP contribution < -0.4 is 0 Å². The number of halogens is 3. The standard InChI is InChI=1S/C7H12F3NO4S/c8-7(9,10)11(16(14)15)5-3-1-2-4-6(12)13/h1-5H2,(H,12,13)(H,14,15). The number of nitrogens with zero attached hydrogens (tertiary/aromatic N) is 1. The number of unbranched alkanes of at least 4 members (excludes halogenated alkanes) is 2. The van der Waals surface area contributed by atoms with Crippen LogP contribution in [0.3, 0.4) is 0 Å². The monoisotopic (exact) mass is 263 g/mol. The van der Waals surface area contributed by atoms with Crippen molar-refractivity contribution in [2.24, 2.45) is 0 Å². The van der Waals surface area contributed by atoms with Gasteiger partial charge in [0.25, 0.3) is 0 Å². The minimum Gasteiger partial charge on any atom is -0.481 e. The van der Waals surface area contributed by atoms with Gasteiger partial charge in [-0.3, -0.25) is 9.35 Å². The molecule has 1 unspecified atom stereocenters. The summed E-state index contributed by atoms with van der Waals surface area (Å²) >= 11 is -3.10. The van der Waals surface area contributed by atoms with E-state index in [4.69, 9.17) is 9.66 Å². The summed E-state index contributed by atoms with van der Waals surface area (Å²) in [4.78, 5) is 10.1. The summed E-state index contributed by atoms with van der Waals surface area (Å²) in [5.41, 5.74) is 0. The zero-order valence-electron chi connectivity index (χ0n) is 8.24. The molecule has 2 N–H and O–H groups in total. The molecule has 0 rings (SSSR count). The normalized spacial score (nSPS) is 14.1. The van der Waals surface area contributed by atoms with Gasteiger partial charge in [0.1, 0.15) is 0 Å². The molecule has 0 aliphatic rings. The van der Waals surface area contributed by atoms with E-state index < -0.39 is 34.4 Å². The van der Waals surface area contributed by atoms with E-state index in [0.29, 0.717) is 0 Å². The Hall–Kier alpha value is -0.670. The van der Waals surface area contributed by atoms with E-state index in [1.54, 1.807) is 0 Å². The summed E-state index contributed by atoms with van der Waals surface area (Å²) in [6.45, 7) is -0.619. The second-order valence-electron chi connectivity index (χ2n) is 3.01. The van der Waals surface area contributed by atoms with Crippen molar-refractivity contribution < 1.29 is 31.8 Å². The van der Waals surface area contributed by atoms with Gasteiger partial charge in [-0.05, 0) is 12.8 Å². The topological polar surface area (TPSA) is 77.8 Å². The lowest BCUT2D eigenvalue weighted by Gasteiger charge is -2.19. The summed E-state index contributed by atoms with van der Waals surface area (Å²) in [6, 6.07) is 0. The van der Waals surface area contributed by atoms with Gasteiger partial charge in [-0.2, -0.15) is 13.2 Å². The van der Waals surface area contributed by atoms with Crippen molar-refractivity contribution in [3.63, 3.8) is 0 Å². The molecule has 0 aliphatic heterocycles. The average Bonchev–Trinajstić information content (AvgIpc) is 2.07. The van der Waals surface area contributed by atoms with E-state index >= 15 is 0 Å². The first-order chi connectivity index (χ1) is 7.25. The van der Waals surface area contributed by atoms with Crippen LogP contribution in [0.5, 0.6) is 0 Å². The fraction of sp³-hybridized carbons (Fsp3) is 0.857. The maximum Gasteiger partial charge on any atom is 0.473 e. The highest BCUT2D eigenvalue weighted by molar-refractivity contribution is 7.76. The van der Waals surface area contributed by atoms with Gasteiger partial charge in [0.2, 0.25) is 11.3 Å². The highest BCUT2D eigenvalue weighted by Gasteiger charge is 2.40. The van der Waals surface area contributed by atoms with Gasteiger partial charge in [-0.15, -0.1) is 4.31 Å². The molecule has 0 fully saturated rings. The van der Waals surface area contributed by atoms with Gasteiger partial charge >= 0.3 is 12.3 Å². The Morgan fingerprint density at radius 1 is 1.25 bits per heavy atom. The number of aliphatic carboxylic acids is 1. The Labute approximate surface area is 92.7 Å². The van der Waals surface area contributed by atoms with Gasteiger partial charge in [0.05, 0.1) is 0 Å². The molecule has 0 aliphatic carbocycles. The molecule has 0 amide bonds. The smallest absolute Gasteiger partial charge is 0.473 e.